The Balaban J connectivity index is 2.27. The van der Waals surface area contributed by atoms with Crippen LogP contribution in [0, 0.1) is 0 Å². The molecule has 0 radical (unpaired) electrons. The molecule has 1 aliphatic rings. The summed E-state index contributed by atoms with van der Waals surface area (Å²) in [6.07, 6.45) is 10.2. The lowest BCUT2D eigenvalue weighted by molar-refractivity contribution is 0.00858. The Morgan fingerprint density at radius 3 is 2.83 bits per heavy atom. The highest BCUT2D eigenvalue weighted by Gasteiger charge is 2.16. The van der Waals surface area contributed by atoms with Crippen molar-refractivity contribution in [2.75, 3.05) is 13.2 Å². The van der Waals surface area contributed by atoms with E-state index in [2.05, 4.69) is 25.7 Å². The third-order valence-corrected chi connectivity index (χ3v) is 3.83. The molecule has 18 heavy (non-hydrogen) atoms. The van der Waals surface area contributed by atoms with Crippen molar-refractivity contribution >= 4 is 0 Å². The van der Waals surface area contributed by atoms with E-state index in [0.717, 1.165) is 26.0 Å². The quantitative estimate of drug-likeness (QED) is 0.626. The van der Waals surface area contributed by atoms with Crippen molar-refractivity contribution in [3.8, 4) is 0 Å². The lowest BCUT2D eigenvalue weighted by Gasteiger charge is -2.25. The molecule has 0 aromatic carbocycles. The molecule has 1 rings (SSSR count). The zero-order chi connectivity index (χ0) is 13.2. The minimum atomic E-state index is 0.513. The SMILES string of the molecule is C=C(CC)CC(CCC1CCCCO1)NCCC. The smallest absolute Gasteiger partial charge is 0.0575 e. The van der Waals surface area contributed by atoms with Gasteiger partial charge in [0.15, 0.2) is 0 Å². The molecule has 0 aliphatic carbocycles. The largest absolute Gasteiger partial charge is 0.378 e. The number of nitrogens with one attached hydrogen (secondary N) is 1. The van der Waals surface area contributed by atoms with E-state index in [0.29, 0.717) is 12.1 Å². The lowest BCUT2D eigenvalue weighted by Crippen LogP contribution is -2.32. The summed E-state index contributed by atoms with van der Waals surface area (Å²) < 4.78 is 5.81. The molecule has 106 valence electrons. The Morgan fingerprint density at radius 2 is 2.22 bits per heavy atom. The average Bonchev–Trinajstić information content (AvgIpc) is 2.42. The molecule has 1 saturated heterocycles. The topological polar surface area (TPSA) is 21.3 Å². The summed E-state index contributed by atoms with van der Waals surface area (Å²) in [6.45, 7) is 10.7. The van der Waals surface area contributed by atoms with Gasteiger partial charge in [-0.2, -0.15) is 0 Å². The summed E-state index contributed by atoms with van der Waals surface area (Å²) in [5, 5.41) is 3.66. The predicted octanol–water partition coefficient (Wildman–Crippen LogP) is 4.06. The van der Waals surface area contributed by atoms with E-state index in [1.807, 2.05) is 0 Å². The van der Waals surface area contributed by atoms with Gasteiger partial charge in [0.1, 0.15) is 0 Å². The van der Waals surface area contributed by atoms with Crippen LogP contribution in [-0.4, -0.2) is 25.3 Å². The summed E-state index contributed by atoms with van der Waals surface area (Å²) in [4.78, 5) is 0. The minimum Gasteiger partial charge on any atom is -0.378 e. The second kappa shape index (κ2) is 9.57. The van der Waals surface area contributed by atoms with Crippen molar-refractivity contribution in [2.45, 2.75) is 77.4 Å². The van der Waals surface area contributed by atoms with Crippen molar-refractivity contribution in [1.82, 2.24) is 5.32 Å². The van der Waals surface area contributed by atoms with Crippen LogP contribution in [0.15, 0.2) is 12.2 Å². The number of ether oxygens (including phenoxy) is 1. The highest BCUT2D eigenvalue weighted by Crippen LogP contribution is 2.20. The van der Waals surface area contributed by atoms with Crippen molar-refractivity contribution in [1.29, 1.82) is 0 Å². The van der Waals surface area contributed by atoms with E-state index < -0.39 is 0 Å². The molecule has 0 aromatic heterocycles. The normalized spacial score (nSPS) is 21.8. The Morgan fingerprint density at radius 1 is 1.39 bits per heavy atom. The summed E-state index contributed by atoms with van der Waals surface area (Å²) in [7, 11) is 0. The van der Waals surface area contributed by atoms with Gasteiger partial charge in [-0.1, -0.05) is 26.0 Å². The number of rotatable bonds is 9. The molecule has 1 fully saturated rings. The Kier molecular flexibility index (Phi) is 8.36. The van der Waals surface area contributed by atoms with Gasteiger partial charge in [0.25, 0.3) is 0 Å². The van der Waals surface area contributed by atoms with E-state index in [4.69, 9.17) is 4.74 Å². The summed E-state index contributed by atoms with van der Waals surface area (Å²) >= 11 is 0. The Bertz CT molecular complexity index is 221. The maximum Gasteiger partial charge on any atom is 0.0575 e. The minimum absolute atomic E-state index is 0.513. The first-order valence-electron chi connectivity index (χ1n) is 7.77. The third-order valence-electron chi connectivity index (χ3n) is 3.83. The summed E-state index contributed by atoms with van der Waals surface area (Å²) in [6, 6.07) is 0.600. The van der Waals surface area contributed by atoms with Crippen LogP contribution in [0.3, 0.4) is 0 Å². The standard InChI is InChI=1S/C16H31NO/c1-4-11-17-15(13-14(3)5-2)9-10-16-8-6-7-12-18-16/h15-17H,3-13H2,1-2H3. The zero-order valence-electron chi connectivity index (χ0n) is 12.3. The van der Waals surface area contributed by atoms with Crippen LogP contribution in [0.2, 0.25) is 0 Å². The van der Waals surface area contributed by atoms with Gasteiger partial charge in [-0.3, -0.25) is 0 Å². The fourth-order valence-corrected chi connectivity index (χ4v) is 2.54. The van der Waals surface area contributed by atoms with Gasteiger partial charge in [0.05, 0.1) is 6.10 Å². The van der Waals surface area contributed by atoms with Gasteiger partial charge in [0.2, 0.25) is 0 Å². The highest BCUT2D eigenvalue weighted by atomic mass is 16.5. The van der Waals surface area contributed by atoms with E-state index >= 15 is 0 Å². The maximum atomic E-state index is 5.81. The molecule has 1 heterocycles. The molecule has 2 atom stereocenters. The van der Waals surface area contributed by atoms with E-state index in [1.54, 1.807) is 0 Å². The monoisotopic (exact) mass is 253 g/mol. The number of hydrogen-bond donors (Lipinski definition) is 1. The average molecular weight is 253 g/mol. The summed E-state index contributed by atoms with van der Waals surface area (Å²) in [5.74, 6) is 0. The van der Waals surface area contributed by atoms with E-state index in [1.165, 1.54) is 44.1 Å². The highest BCUT2D eigenvalue weighted by molar-refractivity contribution is 4.96. The van der Waals surface area contributed by atoms with Gasteiger partial charge >= 0.3 is 0 Å². The van der Waals surface area contributed by atoms with Crippen LogP contribution < -0.4 is 5.32 Å². The molecule has 2 heteroatoms. The zero-order valence-corrected chi connectivity index (χ0v) is 12.3. The second-order valence-corrected chi connectivity index (χ2v) is 5.52. The van der Waals surface area contributed by atoms with Gasteiger partial charge < -0.3 is 10.1 Å². The van der Waals surface area contributed by atoms with Crippen molar-refractivity contribution in [3.05, 3.63) is 12.2 Å². The predicted molar refractivity (Wildman–Crippen MR) is 79.0 cm³/mol. The molecule has 0 aromatic rings. The van der Waals surface area contributed by atoms with E-state index in [9.17, 15) is 0 Å². The first-order valence-corrected chi connectivity index (χ1v) is 7.77. The molecule has 0 amide bonds. The lowest BCUT2D eigenvalue weighted by atomic mass is 9.97. The van der Waals surface area contributed by atoms with Gasteiger partial charge in [-0.05, 0) is 57.9 Å². The maximum absolute atomic E-state index is 5.81. The first-order chi connectivity index (χ1) is 8.76. The van der Waals surface area contributed by atoms with Crippen LogP contribution in [0.25, 0.3) is 0 Å². The van der Waals surface area contributed by atoms with Crippen LogP contribution in [0.1, 0.15) is 65.2 Å². The molecule has 0 bridgehead atoms. The summed E-state index contributed by atoms with van der Waals surface area (Å²) in [5.41, 5.74) is 1.37. The third kappa shape index (κ3) is 6.55. The van der Waals surface area contributed by atoms with Gasteiger partial charge in [-0.25, -0.2) is 0 Å². The fraction of sp³-hybridized carbons (Fsp3) is 0.875. The Labute approximate surface area is 113 Å². The van der Waals surface area contributed by atoms with Gasteiger partial charge in [0, 0.05) is 12.6 Å². The second-order valence-electron chi connectivity index (χ2n) is 5.52. The number of hydrogen-bond acceptors (Lipinski definition) is 2. The first kappa shape index (κ1) is 15.7. The molecule has 1 aliphatic heterocycles. The molecule has 0 spiro atoms. The van der Waals surface area contributed by atoms with Crippen LogP contribution in [0.5, 0.6) is 0 Å². The molecule has 2 nitrogen and oxygen atoms in total. The fourth-order valence-electron chi connectivity index (χ4n) is 2.54. The van der Waals surface area contributed by atoms with E-state index in [-0.39, 0.29) is 0 Å². The van der Waals surface area contributed by atoms with Crippen molar-refractivity contribution in [2.24, 2.45) is 0 Å². The van der Waals surface area contributed by atoms with Gasteiger partial charge in [-0.15, -0.1) is 0 Å². The Hall–Kier alpha value is -0.340. The van der Waals surface area contributed by atoms with Crippen LogP contribution in [0.4, 0.5) is 0 Å². The molecule has 0 saturated carbocycles. The van der Waals surface area contributed by atoms with Crippen LogP contribution in [-0.2, 0) is 4.74 Å². The molecular formula is C16H31NO. The molecule has 2 unspecified atom stereocenters. The molecule has 1 N–H and O–H groups in total. The molecular weight excluding hydrogens is 222 g/mol. The van der Waals surface area contributed by atoms with Crippen LogP contribution >= 0.6 is 0 Å². The van der Waals surface area contributed by atoms with Crippen molar-refractivity contribution < 1.29 is 4.74 Å². The van der Waals surface area contributed by atoms with Crippen molar-refractivity contribution in [3.63, 3.8) is 0 Å².